The Labute approximate surface area is 302 Å². The SMILES string of the molecule is CC(=O)O[C@@H](C1C[C@@H](C)[C@H]2C(O1)[C@H](O)[C@@]1(C)C3CC[C@H]4C(C)(C)C(O[C@H]5CN(C(=O)c6ccno6)CCO5)CC[C@@]45C[C@@]35CC[C@]21C)C(C)(C)O. The Hall–Kier alpha value is -2.05. The first kappa shape index (κ1) is 36.0. The number of carbonyl (C=O) groups is 2. The van der Waals surface area contributed by atoms with E-state index in [1.54, 1.807) is 24.8 Å². The molecule has 0 bridgehead atoms. The van der Waals surface area contributed by atoms with E-state index in [4.69, 9.17) is 23.5 Å². The molecule has 4 unspecified atom stereocenters. The van der Waals surface area contributed by atoms with Gasteiger partial charge in [-0.2, -0.15) is 0 Å². The van der Waals surface area contributed by atoms with Gasteiger partial charge in [-0.25, -0.2) is 0 Å². The molecule has 14 atom stereocenters. The number of aliphatic hydroxyl groups excluding tert-OH is 1. The highest BCUT2D eigenvalue weighted by Crippen LogP contribution is 2.89. The number of hydrogen-bond donors (Lipinski definition) is 2. The maximum absolute atomic E-state index is 13.0. The molecule has 0 radical (unpaired) electrons. The second-order valence-electron chi connectivity index (χ2n) is 19.3. The zero-order chi connectivity index (χ0) is 36.5. The fourth-order valence-electron chi connectivity index (χ4n) is 14.2. The molecule has 7 fully saturated rings. The number of aliphatic hydroxyl groups is 2. The fourth-order valence-corrected chi connectivity index (χ4v) is 14.2. The zero-order valence-electron chi connectivity index (χ0n) is 31.9. The second-order valence-corrected chi connectivity index (χ2v) is 19.3. The first-order chi connectivity index (χ1) is 23.9. The van der Waals surface area contributed by atoms with Gasteiger partial charge in [0.25, 0.3) is 5.91 Å². The maximum Gasteiger partial charge on any atom is 0.303 e. The third-order valence-electron chi connectivity index (χ3n) is 16.4. The van der Waals surface area contributed by atoms with Crippen LogP contribution in [0.1, 0.15) is 117 Å². The average Bonchev–Trinajstić information content (AvgIpc) is 3.32. The molecule has 5 aliphatic carbocycles. The predicted molar refractivity (Wildman–Crippen MR) is 185 cm³/mol. The molecule has 5 saturated carbocycles. The summed E-state index contributed by atoms with van der Waals surface area (Å²) in [5.74, 6) is 0.921. The lowest BCUT2D eigenvalue weighted by molar-refractivity contribution is -0.245. The van der Waals surface area contributed by atoms with E-state index in [0.717, 1.165) is 32.1 Å². The van der Waals surface area contributed by atoms with Gasteiger partial charge in [0, 0.05) is 24.9 Å². The lowest BCUT2D eigenvalue weighted by Gasteiger charge is -2.64. The summed E-state index contributed by atoms with van der Waals surface area (Å²) < 4.78 is 30.6. The van der Waals surface area contributed by atoms with Gasteiger partial charge in [0.05, 0.1) is 49.4 Å². The standard InChI is InChI=1S/C40H60N2O9/c1-22-19-25(33(36(5,6)46)48-23(2)43)49-31-30(22)37(7)14-15-40-21-39(40)13-11-28(35(3,4)26(39)9-10-27(40)38(37,8)32(31)44)50-29-20-42(17-18-47-29)34(45)24-12-16-41-51-24/h12,16,22,25-33,44,46H,9-11,13-15,17-21H2,1-8H3/t22-,25?,26+,27?,28?,29+,30+,31?,32+,33+,37-,38-,39-,40+/m1/s1. The van der Waals surface area contributed by atoms with E-state index in [-0.39, 0.29) is 62.8 Å². The summed E-state index contributed by atoms with van der Waals surface area (Å²) in [6, 6.07) is 1.59. The third kappa shape index (κ3) is 4.95. The minimum Gasteiger partial charge on any atom is -0.457 e. The van der Waals surface area contributed by atoms with Crippen molar-refractivity contribution in [1.82, 2.24) is 10.1 Å². The van der Waals surface area contributed by atoms with Gasteiger partial charge in [0.1, 0.15) is 0 Å². The van der Waals surface area contributed by atoms with Crippen molar-refractivity contribution >= 4 is 11.9 Å². The Bertz CT molecular complexity index is 1530. The normalized spacial score (nSPS) is 47.6. The van der Waals surface area contributed by atoms with Gasteiger partial charge in [-0.05, 0) is 111 Å². The lowest BCUT2D eigenvalue weighted by atomic mass is 9.41. The first-order valence-electron chi connectivity index (χ1n) is 19.6. The van der Waals surface area contributed by atoms with Crippen molar-refractivity contribution in [3.8, 4) is 0 Å². The minimum atomic E-state index is -1.28. The van der Waals surface area contributed by atoms with E-state index in [1.165, 1.54) is 26.0 Å². The quantitative estimate of drug-likeness (QED) is 0.370. The summed E-state index contributed by atoms with van der Waals surface area (Å²) in [7, 11) is 0. The third-order valence-corrected chi connectivity index (χ3v) is 16.4. The van der Waals surface area contributed by atoms with Crippen LogP contribution >= 0.6 is 0 Å². The summed E-state index contributed by atoms with van der Waals surface area (Å²) in [6.45, 7) is 17.9. The molecule has 2 spiro atoms. The van der Waals surface area contributed by atoms with Crippen LogP contribution in [0.5, 0.6) is 0 Å². The molecule has 1 aromatic heterocycles. The average molecular weight is 713 g/mol. The van der Waals surface area contributed by atoms with Gasteiger partial charge < -0.3 is 38.6 Å². The molecule has 1 aromatic rings. The Kier molecular flexibility index (Phi) is 8.26. The summed E-state index contributed by atoms with van der Waals surface area (Å²) in [5.41, 5.74) is -1.35. The number of rotatable bonds is 6. The molecule has 51 heavy (non-hydrogen) atoms. The van der Waals surface area contributed by atoms with Crippen LogP contribution < -0.4 is 0 Å². The van der Waals surface area contributed by atoms with Gasteiger partial charge >= 0.3 is 5.97 Å². The minimum absolute atomic E-state index is 0.0177. The molecule has 8 rings (SSSR count). The number of esters is 1. The Morgan fingerprint density at radius 2 is 1.80 bits per heavy atom. The highest BCUT2D eigenvalue weighted by molar-refractivity contribution is 5.91. The van der Waals surface area contributed by atoms with E-state index < -0.39 is 36.2 Å². The number of morpholine rings is 1. The molecule has 11 heteroatoms. The van der Waals surface area contributed by atoms with Gasteiger partial charge in [-0.1, -0.05) is 39.8 Å². The number of carbonyl (C=O) groups excluding carboxylic acids is 2. The van der Waals surface area contributed by atoms with Crippen molar-refractivity contribution in [3.63, 3.8) is 0 Å². The molecular formula is C40H60N2O9. The van der Waals surface area contributed by atoms with Crippen LogP contribution in [0.4, 0.5) is 0 Å². The monoisotopic (exact) mass is 712 g/mol. The number of hydrogen-bond acceptors (Lipinski definition) is 10. The van der Waals surface area contributed by atoms with Crippen molar-refractivity contribution in [2.75, 3.05) is 19.7 Å². The van der Waals surface area contributed by atoms with Gasteiger partial charge in [-0.15, -0.1) is 0 Å². The molecule has 2 saturated heterocycles. The highest BCUT2D eigenvalue weighted by Gasteiger charge is 2.84. The Morgan fingerprint density at radius 3 is 2.49 bits per heavy atom. The summed E-state index contributed by atoms with van der Waals surface area (Å²) >= 11 is 0. The highest BCUT2D eigenvalue weighted by atomic mass is 16.7. The second kappa shape index (κ2) is 11.7. The smallest absolute Gasteiger partial charge is 0.303 e. The molecule has 1 amide bonds. The van der Waals surface area contributed by atoms with E-state index in [9.17, 15) is 19.8 Å². The fraction of sp³-hybridized carbons (Fsp3) is 0.875. The Balaban J connectivity index is 1.01. The molecule has 2 N–H and O–H groups in total. The van der Waals surface area contributed by atoms with Crippen LogP contribution in [0.15, 0.2) is 16.8 Å². The molecular weight excluding hydrogens is 652 g/mol. The molecule has 284 valence electrons. The lowest BCUT2D eigenvalue weighted by Crippen LogP contribution is -2.60. The number of fused-ring (bicyclic) bond motifs is 4. The van der Waals surface area contributed by atoms with Crippen LogP contribution in [-0.4, -0.2) is 94.3 Å². The van der Waals surface area contributed by atoms with Crippen LogP contribution in [0.3, 0.4) is 0 Å². The van der Waals surface area contributed by atoms with Gasteiger partial charge in [0.2, 0.25) is 5.76 Å². The number of ether oxygens (including phenoxy) is 4. The van der Waals surface area contributed by atoms with Crippen LogP contribution in [-0.2, 0) is 23.7 Å². The van der Waals surface area contributed by atoms with E-state index in [1.807, 2.05) is 0 Å². The van der Waals surface area contributed by atoms with Crippen molar-refractivity contribution in [1.29, 1.82) is 0 Å². The molecule has 0 aromatic carbocycles. The van der Waals surface area contributed by atoms with E-state index in [0.29, 0.717) is 38.0 Å². The molecule has 7 aliphatic rings. The maximum atomic E-state index is 13.0. The van der Waals surface area contributed by atoms with Gasteiger partial charge in [0.15, 0.2) is 12.4 Å². The first-order valence-corrected chi connectivity index (χ1v) is 19.6. The van der Waals surface area contributed by atoms with Crippen molar-refractivity contribution in [3.05, 3.63) is 18.0 Å². The summed E-state index contributed by atoms with van der Waals surface area (Å²) in [6.07, 6.45) is 7.07. The largest absolute Gasteiger partial charge is 0.457 e. The topological polar surface area (TPSA) is 141 Å². The molecule has 2 aliphatic heterocycles. The Morgan fingerprint density at radius 1 is 1.08 bits per heavy atom. The van der Waals surface area contributed by atoms with Crippen molar-refractivity contribution in [2.24, 2.45) is 50.7 Å². The van der Waals surface area contributed by atoms with Crippen molar-refractivity contribution in [2.45, 2.75) is 149 Å². The molecule has 11 nitrogen and oxygen atoms in total. The van der Waals surface area contributed by atoms with Crippen molar-refractivity contribution < 1.29 is 43.3 Å². The molecule has 3 heterocycles. The van der Waals surface area contributed by atoms with Gasteiger partial charge in [-0.3, -0.25) is 9.59 Å². The number of amides is 1. The van der Waals surface area contributed by atoms with E-state index >= 15 is 0 Å². The van der Waals surface area contributed by atoms with E-state index in [2.05, 4.69) is 39.8 Å². The predicted octanol–water partition coefficient (Wildman–Crippen LogP) is 5.37. The number of aromatic nitrogens is 1. The van der Waals surface area contributed by atoms with Crippen LogP contribution in [0.25, 0.3) is 0 Å². The zero-order valence-corrected chi connectivity index (χ0v) is 31.9. The van der Waals surface area contributed by atoms with Crippen LogP contribution in [0.2, 0.25) is 0 Å². The summed E-state index contributed by atoms with van der Waals surface area (Å²) in [5, 5.41) is 27.3. The van der Waals surface area contributed by atoms with Crippen LogP contribution in [0, 0.1) is 50.7 Å². The summed E-state index contributed by atoms with van der Waals surface area (Å²) in [4.78, 5) is 26.8. The number of nitrogens with zero attached hydrogens (tertiary/aromatic N) is 2.